The van der Waals surface area contributed by atoms with Crippen LogP contribution in [0.4, 0.5) is 0 Å². The first-order valence-electron chi connectivity index (χ1n) is 8.81. The summed E-state index contributed by atoms with van der Waals surface area (Å²) in [6, 6.07) is 14.6. The SMILES string of the molecule is O=C(NC1CCN(C(=O)/C=C/c2ccccc2)CC1)c1ccc(Cl)c(Cl)c1. The third-order valence-electron chi connectivity index (χ3n) is 4.54. The van der Waals surface area contributed by atoms with Crippen LogP contribution in [0.5, 0.6) is 0 Å². The Hall–Kier alpha value is -2.30. The van der Waals surface area contributed by atoms with Gasteiger partial charge in [0, 0.05) is 30.8 Å². The monoisotopic (exact) mass is 402 g/mol. The standard InChI is InChI=1S/C21H20Cl2N2O2/c22-18-8-7-16(14-19(18)23)21(27)24-17-10-12-25(13-11-17)20(26)9-6-15-4-2-1-3-5-15/h1-9,14,17H,10-13H2,(H,24,27)/b9-6+. The van der Waals surface area contributed by atoms with Crippen LogP contribution in [0.15, 0.2) is 54.6 Å². The van der Waals surface area contributed by atoms with Gasteiger partial charge in [-0.1, -0.05) is 53.5 Å². The Morgan fingerprint density at radius 3 is 2.37 bits per heavy atom. The average Bonchev–Trinajstić information content (AvgIpc) is 2.69. The van der Waals surface area contributed by atoms with Crippen molar-refractivity contribution in [3.05, 3.63) is 75.8 Å². The molecular weight excluding hydrogens is 383 g/mol. The molecule has 6 heteroatoms. The van der Waals surface area contributed by atoms with Crippen molar-refractivity contribution in [3.8, 4) is 0 Å². The van der Waals surface area contributed by atoms with Crippen molar-refractivity contribution in [2.75, 3.05) is 13.1 Å². The Kier molecular flexibility index (Phi) is 6.54. The van der Waals surface area contributed by atoms with Crippen molar-refractivity contribution in [1.29, 1.82) is 0 Å². The summed E-state index contributed by atoms with van der Waals surface area (Å²) in [7, 11) is 0. The van der Waals surface area contributed by atoms with Gasteiger partial charge in [-0.15, -0.1) is 0 Å². The molecule has 2 aromatic rings. The van der Waals surface area contributed by atoms with Crippen molar-refractivity contribution in [2.24, 2.45) is 0 Å². The number of piperidine rings is 1. The molecule has 1 fully saturated rings. The predicted molar refractivity (Wildman–Crippen MR) is 109 cm³/mol. The summed E-state index contributed by atoms with van der Waals surface area (Å²) in [5.41, 5.74) is 1.48. The normalized spacial score (nSPS) is 15.1. The maximum atomic E-state index is 12.3. The molecule has 0 spiro atoms. The fourth-order valence-corrected chi connectivity index (χ4v) is 3.29. The summed E-state index contributed by atoms with van der Waals surface area (Å²) in [5, 5.41) is 3.78. The van der Waals surface area contributed by atoms with Gasteiger partial charge in [0.05, 0.1) is 10.0 Å². The highest BCUT2D eigenvalue weighted by atomic mass is 35.5. The molecular formula is C21H20Cl2N2O2. The Morgan fingerprint density at radius 2 is 1.70 bits per heavy atom. The maximum Gasteiger partial charge on any atom is 0.251 e. The minimum absolute atomic E-state index is 0.00638. The lowest BCUT2D eigenvalue weighted by Gasteiger charge is -2.31. The van der Waals surface area contributed by atoms with E-state index in [0.29, 0.717) is 28.7 Å². The first kappa shape index (κ1) is 19.5. The van der Waals surface area contributed by atoms with Crippen LogP contribution < -0.4 is 5.32 Å². The lowest BCUT2D eigenvalue weighted by molar-refractivity contribution is -0.126. The summed E-state index contributed by atoms with van der Waals surface area (Å²) >= 11 is 11.8. The van der Waals surface area contributed by atoms with Gasteiger partial charge in [0.15, 0.2) is 0 Å². The molecule has 0 atom stereocenters. The molecule has 0 bridgehead atoms. The van der Waals surface area contributed by atoms with Crippen molar-refractivity contribution in [3.63, 3.8) is 0 Å². The first-order chi connectivity index (χ1) is 13.0. The zero-order valence-electron chi connectivity index (χ0n) is 14.7. The third kappa shape index (κ3) is 5.34. The molecule has 0 aromatic heterocycles. The van der Waals surface area contributed by atoms with E-state index in [9.17, 15) is 9.59 Å². The minimum Gasteiger partial charge on any atom is -0.349 e. The number of hydrogen-bond donors (Lipinski definition) is 1. The molecule has 1 saturated heterocycles. The summed E-state index contributed by atoms with van der Waals surface area (Å²) in [6.07, 6.45) is 4.86. The van der Waals surface area contributed by atoms with Crippen LogP contribution >= 0.6 is 23.2 Å². The van der Waals surface area contributed by atoms with Gasteiger partial charge in [0.25, 0.3) is 5.91 Å². The van der Waals surface area contributed by atoms with Gasteiger partial charge in [0.1, 0.15) is 0 Å². The van der Waals surface area contributed by atoms with Gasteiger partial charge in [-0.05, 0) is 42.7 Å². The molecule has 0 unspecified atom stereocenters. The van der Waals surface area contributed by atoms with E-state index in [4.69, 9.17) is 23.2 Å². The number of carbonyl (C=O) groups is 2. The molecule has 140 valence electrons. The number of nitrogens with one attached hydrogen (secondary N) is 1. The van der Waals surface area contributed by atoms with Crippen LogP contribution in [0.2, 0.25) is 10.0 Å². The predicted octanol–water partition coefficient (Wildman–Crippen LogP) is 4.43. The molecule has 0 saturated carbocycles. The van der Waals surface area contributed by atoms with Crippen LogP contribution in [0.1, 0.15) is 28.8 Å². The van der Waals surface area contributed by atoms with Crippen LogP contribution in [0.25, 0.3) is 6.08 Å². The second-order valence-corrected chi connectivity index (χ2v) is 7.26. The van der Waals surface area contributed by atoms with E-state index in [1.54, 1.807) is 29.2 Å². The number of carbonyl (C=O) groups excluding carboxylic acids is 2. The summed E-state index contributed by atoms with van der Waals surface area (Å²) < 4.78 is 0. The Morgan fingerprint density at radius 1 is 1.00 bits per heavy atom. The smallest absolute Gasteiger partial charge is 0.251 e. The van der Waals surface area contributed by atoms with Crippen molar-refractivity contribution < 1.29 is 9.59 Å². The Bertz CT molecular complexity index is 845. The van der Waals surface area contributed by atoms with Crippen LogP contribution in [-0.4, -0.2) is 35.8 Å². The molecule has 1 aliphatic rings. The number of halogens is 2. The fraction of sp³-hybridized carbons (Fsp3) is 0.238. The third-order valence-corrected chi connectivity index (χ3v) is 5.28. The lowest BCUT2D eigenvalue weighted by atomic mass is 10.0. The van der Waals surface area contributed by atoms with Gasteiger partial charge in [0.2, 0.25) is 5.91 Å². The topological polar surface area (TPSA) is 49.4 Å². The van der Waals surface area contributed by atoms with Gasteiger partial charge >= 0.3 is 0 Å². The summed E-state index contributed by atoms with van der Waals surface area (Å²) in [4.78, 5) is 26.5. The number of likely N-dealkylation sites (tertiary alicyclic amines) is 1. The van der Waals surface area contributed by atoms with Gasteiger partial charge < -0.3 is 10.2 Å². The van der Waals surface area contributed by atoms with Gasteiger partial charge in [-0.25, -0.2) is 0 Å². The summed E-state index contributed by atoms with van der Waals surface area (Å²) in [5.74, 6) is -0.185. The Balaban J connectivity index is 1.49. The number of benzene rings is 2. The second kappa shape index (κ2) is 9.07. The molecule has 1 N–H and O–H groups in total. The zero-order chi connectivity index (χ0) is 19.2. The molecule has 4 nitrogen and oxygen atoms in total. The van der Waals surface area contributed by atoms with E-state index in [0.717, 1.165) is 18.4 Å². The minimum atomic E-state index is -0.178. The zero-order valence-corrected chi connectivity index (χ0v) is 16.2. The quantitative estimate of drug-likeness (QED) is 0.768. The molecule has 0 aliphatic carbocycles. The van der Waals surface area contributed by atoms with Gasteiger partial charge in [-0.2, -0.15) is 0 Å². The number of amides is 2. The average molecular weight is 403 g/mol. The largest absolute Gasteiger partial charge is 0.349 e. The second-order valence-electron chi connectivity index (χ2n) is 6.45. The van der Waals surface area contributed by atoms with Crippen LogP contribution in [0, 0.1) is 0 Å². The van der Waals surface area contributed by atoms with Crippen molar-refractivity contribution >= 4 is 41.1 Å². The number of nitrogens with zero attached hydrogens (tertiary/aromatic N) is 1. The number of hydrogen-bond acceptors (Lipinski definition) is 2. The molecule has 3 rings (SSSR count). The lowest BCUT2D eigenvalue weighted by Crippen LogP contribution is -2.46. The highest BCUT2D eigenvalue weighted by molar-refractivity contribution is 6.42. The molecule has 2 aromatic carbocycles. The van der Waals surface area contributed by atoms with E-state index in [1.807, 2.05) is 36.4 Å². The van der Waals surface area contributed by atoms with E-state index >= 15 is 0 Å². The van der Waals surface area contributed by atoms with Crippen molar-refractivity contribution in [1.82, 2.24) is 10.2 Å². The van der Waals surface area contributed by atoms with E-state index < -0.39 is 0 Å². The molecule has 1 heterocycles. The summed E-state index contributed by atoms with van der Waals surface area (Å²) in [6.45, 7) is 1.23. The fourth-order valence-electron chi connectivity index (χ4n) is 2.99. The molecule has 0 radical (unpaired) electrons. The van der Waals surface area contributed by atoms with E-state index in [1.165, 1.54) is 0 Å². The molecule has 27 heavy (non-hydrogen) atoms. The van der Waals surface area contributed by atoms with Crippen LogP contribution in [-0.2, 0) is 4.79 Å². The molecule has 2 amide bonds. The highest BCUT2D eigenvalue weighted by Crippen LogP contribution is 2.23. The maximum absolute atomic E-state index is 12.3. The van der Waals surface area contributed by atoms with Crippen LogP contribution in [0.3, 0.4) is 0 Å². The Labute approximate surface area is 168 Å². The van der Waals surface area contributed by atoms with Gasteiger partial charge in [-0.3, -0.25) is 9.59 Å². The molecule has 1 aliphatic heterocycles. The van der Waals surface area contributed by atoms with Crippen molar-refractivity contribution in [2.45, 2.75) is 18.9 Å². The highest BCUT2D eigenvalue weighted by Gasteiger charge is 2.23. The van der Waals surface area contributed by atoms with E-state index in [-0.39, 0.29) is 17.9 Å². The first-order valence-corrected chi connectivity index (χ1v) is 9.56. The van der Waals surface area contributed by atoms with E-state index in [2.05, 4.69) is 5.32 Å². The number of rotatable bonds is 4.